The molecule has 3 nitrogen and oxygen atoms in total. The van der Waals surface area contributed by atoms with Gasteiger partial charge in [0, 0.05) is 25.0 Å². The molecule has 0 saturated carbocycles. The Labute approximate surface area is 101 Å². The Bertz CT molecular complexity index is 257. The van der Waals surface area contributed by atoms with Crippen LogP contribution in [0.3, 0.4) is 0 Å². The molecule has 1 unspecified atom stereocenters. The smallest absolute Gasteiger partial charge is 0.261 e. The zero-order valence-electron chi connectivity index (χ0n) is 10.6. The Kier molecular flexibility index (Phi) is 4.00. The van der Waals surface area contributed by atoms with E-state index in [9.17, 15) is 8.78 Å². The Morgan fingerprint density at radius 1 is 1.41 bits per heavy atom. The molecule has 1 atom stereocenters. The van der Waals surface area contributed by atoms with Gasteiger partial charge in [0.2, 0.25) is 0 Å². The number of ether oxygens (including phenoxy) is 1. The van der Waals surface area contributed by atoms with Gasteiger partial charge >= 0.3 is 0 Å². The quantitative estimate of drug-likeness (QED) is 0.797. The van der Waals surface area contributed by atoms with Crippen molar-refractivity contribution in [2.45, 2.75) is 50.7 Å². The van der Waals surface area contributed by atoms with Gasteiger partial charge in [0.25, 0.3) is 5.92 Å². The van der Waals surface area contributed by atoms with Gasteiger partial charge < -0.3 is 10.1 Å². The third-order valence-corrected chi connectivity index (χ3v) is 3.68. The predicted octanol–water partition coefficient (Wildman–Crippen LogP) is 1.48. The van der Waals surface area contributed by atoms with Gasteiger partial charge in [-0.2, -0.15) is 0 Å². The van der Waals surface area contributed by atoms with Gasteiger partial charge in [-0.15, -0.1) is 0 Å². The first kappa shape index (κ1) is 13.2. The molecule has 2 heterocycles. The summed E-state index contributed by atoms with van der Waals surface area (Å²) < 4.78 is 31.2. The van der Waals surface area contributed by atoms with Crippen LogP contribution in [0.1, 0.15) is 26.7 Å². The molecule has 2 saturated heterocycles. The van der Waals surface area contributed by atoms with Crippen LogP contribution in [-0.2, 0) is 4.74 Å². The maximum atomic E-state index is 13.0. The highest BCUT2D eigenvalue weighted by molar-refractivity contribution is 4.89. The van der Waals surface area contributed by atoms with Gasteiger partial charge in [0.15, 0.2) is 0 Å². The van der Waals surface area contributed by atoms with Crippen LogP contribution in [0.4, 0.5) is 8.78 Å². The van der Waals surface area contributed by atoms with Crippen LogP contribution in [-0.4, -0.2) is 55.3 Å². The molecule has 0 aromatic carbocycles. The second kappa shape index (κ2) is 5.16. The molecule has 2 rings (SSSR count). The number of rotatable bonds is 5. The van der Waals surface area contributed by atoms with E-state index in [2.05, 4.69) is 24.1 Å². The highest BCUT2D eigenvalue weighted by atomic mass is 19.3. The van der Waals surface area contributed by atoms with E-state index in [4.69, 9.17) is 4.74 Å². The third-order valence-electron chi connectivity index (χ3n) is 3.68. The van der Waals surface area contributed by atoms with Crippen molar-refractivity contribution in [2.24, 2.45) is 0 Å². The zero-order chi connectivity index (χ0) is 12.5. The van der Waals surface area contributed by atoms with Crippen molar-refractivity contribution in [1.29, 1.82) is 0 Å². The Morgan fingerprint density at radius 2 is 2.12 bits per heavy atom. The number of halogens is 2. The summed E-state index contributed by atoms with van der Waals surface area (Å²) in [5.74, 6) is -2.51. The van der Waals surface area contributed by atoms with Gasteiger partial charge in [0.1, 0.15) is 0 Å². The second-order valence-electron chi connectivity index (χ2n) is 5.45. The van der Waals surface area contributed by atoms with Crippen LogP contribution < -0.4 is 5.32 Å². The van der Waals surface area contributed by atoms with Gasteiger partial charge in [-0.05, 0) is 20.3 Å². The summed E-state index contributed by atoms with van der Waals surface area (Å²) in [6.07, 6.45) is 0.782. The summed E-state index contributed by atoms with van der Waals surface area (Å²) in [7, 11) is 0. The van der Waals surface area contributed by atoms with Crippen molar-refractivity contribution < 1.29 is 13.5 Å². The number of nitrogens with zero attached hydrogens (tertiary/aromatic N) is 1. The van der Waals surface area contributed by atoms with Crippen molar-refractivity contribution in [3.63, 3.8) is 0 Å². The minimum atomic E-state index is -2.51. The maximum absolute atomic E-state index is 13.0. The predicted molar refractivity (Wildman–Crippen MR) is 62.4 cm³/mol. The van der Waals surface area contributed by atoms with Crippen molar-refractivity contribution in [3.05, 3.63) is 0 Å². The lowest BCUT2D eigenvalue weighted by atomic mass is 10.1. The lowest BCUT2D eigenvalue weighted by Gasteiger charge is -2.40. The van der Waals surface area contributed by atoms with Gasteiger partial charge in [-0.25, -0.2) is 8.78 Å². The van der Waals surface area contributed by atoms with Gasteiger partial charge in [-0.3, -0.25) is 4.90 Å². The average Bonchev–Trinajstić information content (AvgIpc) is 2.49. The summed E-state index contributed by atoms with van der Waals surface area (Å²) in [4.78, 5) is 2.36. The molecule has 2 aliphatic heterocycles. The molecule has 0 aliphatic carbocycles. The van der Waals surface area contributed by atoms with E-state index in [1.807, 2.05) is 0 Å². The number of hydrogen-bond acceptors (Lipinski definition) is 3. The first-order valence-corrected chi connectivity index (χ1v) is 6.42. The molecular weight excluding hydrogens is 226 g/mol. The molecular formula is C12H22F2N2O. The standard InChI is InChI=1S/C12H22F2N2O/c1-9(2)16(11-6-17-7-11)4-3-10-5-12(13,14)8-15-10/h9-11,15H,3-8H2,1-2H3. The monoisotopic (exact) mass is 248 g/mol. The minimum absolute atomic E-state index is 0.0138. The Balaban J connectivity index is 1.76. The SMILES string of the molecule is CC(C)N(CCC1CC(F)(F)CN1)C1COC1. The van der Waals surface area contributed by atoms with Gasteiger partial charge in [0.05, 0.1) is 25.8 Å². The van der Waals surface area contributed by atoms with E-state index in [1.165, 1.54) is 0 Å². The average molecular weight is 248 g/mol. The maximum Gasteiger partial charge on any atom is 0.261 e. The summed E-state index contributed by atoms with van der Waals surface area (Å²) in [5.41, 5.74) is 0. The van der Waals surface area contributed by atoms with Crippen LogP contribution in [0.25, 0.3) is 0 Å². The molecule has 17 heavy (non-hydrogen) atoms. The van der Waals surface area contributed by atoms with Crippen LogP contribution in [0.5, 0.6) is 0 Å². The lowest BCUT2D eigenvalue weighted by Crippen LogP contribution is -2.52. The van der Waals surface area contributed by atoms with Crippen LogP contribution in [0.15, 0.2) is 0 Å². The summed E-state index contributed by atoms with van der Waals surface area (Å²) >= 11 is 0. The number of nitrogens with one attached hydrogen (secondary N) is 1. The topological polar surface area (TPSA) is 24.5 Å². The minimum Gasteiger partial charge on any atom is -0.378 e. The highest BCUT2D eigenvalue weighted by Crippen LogP contribution is 2.27. The van der Waals surface area contributed by atoms with Gasteiger partial charge in [-0.1, -0.05) is 0 Å². The molecule has 0 spiro atoms. The molecule has 0 amide bonds. The summed E-state index contributed by atoms with van der Waals surface area (Å²) in [5, 5.41) is 2.91. The molecule has 2 aliphatic rings. The fourth-order valence-corrected chi connectivity index (χ4v) is 2.58. The molecule has 5 heteroatoms. The molecule has 2 fully saturated rings. The molecule has 100 valence electrons. The highest BCUT2D eigenvalue weighted by Gasteiger charge is 2.39. The van der Waals surface area contributed by atoms with E-state index in [1.54, 1.807) is 0 Å². The van der Waals surface area contributed by atoms with Crippen molar-refractivity contribution in [1.82, 2.24) is 10.2 Å². The van der Waals surface area contributed by atoms with E-state index in [0.29, 0.717) is 12.1 Å². The second-order valence-corrected chi connectivity index (χ2v) is 5.45. The van der Waals surface area contributed by atoms with Crippen molar-refractivity contribution in [3.8, 4) is 0 Å². The first-order chi connectivity index (χ1) is 7.98. The summed E-state index contributed by atoms with van der Waals surface area (Å²) in [6, 6.07) is 0.898. The Hall–Kier alpha value is -0.260. The lowest BCUT2D eigenvalue weighted by molar-refractivity contribution is -0.0760. The largest absolute Gasteiger partial charge is 0.378 e. The molecule has 0 radical (unpaired) electrons. The zero-order valence-corrected chi connectivity index (χ0v) is 10.6. The Morgan fingerprint density at radius 3 is 2.53 bits per heavy atom. The van der Waals surface area contributed by atoms with Crippen molar-refractivity contribution >= 4 is 0 Å². The van der Waals surface area contributed by atoms with E-state index in [-0.39, 0.29) is 19.0 Å². The molecule has 0 aromatic heterocycles. The normalized spacial score (nSPS) is 28.9. The van der Waals surface area contributed by atoms with E-state index < -0.39 is 5.92 Å². The molecule has 0 bridgehead atoms. The van der Waals surface area contributed by atoms with Crippen molar-refractivity contribution in [2.75, 3.05) is 26.3 Å². The fraction of sp³-hybridized carbons (Fsp3) is 1.00. The molecule has 0 aromatic rings. The first-order valence-electron chi connectivity index (χ1n) is 6.42. The van der Waals surface area contributed by atoms with Crippen LogP contribution in [0.2, 0.25) is 0 Å². The number of alkyl halides is 2. The van der Waals surface area contributed by atoms with Crippen LogP contribution >= 0.6 is 0 Å². The molecule has 1 N–H and O–H groups in total. The summed E-state index contributed by atoms with van der Waals surface area (Å²) in [6.45, 7) is 6.58. The van der Waals surface area contributed by atoms with E-state index in [0.717, 1.165) is 26.2 Å². The fourth-order valence-electron chi connectivity index (χ4n) is 2.58. The number of hydrogen-bond donors (Lipinski definition) is 1. The van der Waals surface area contributed by atoms with E-state index >= 15 is 0 Å². The van der Waals surface area contributed by atoms with Crippen LogP contribution in [0, 0.1) is 0 Å². The third kappa shape index (κ3) is 3.36.